The molecule has 0 spiro atoms. The van der Waals surface area contributed by atoms with Gasteiger partial charge >= 0.3 is 0 Å². The Morgan fingerprint density at radius 2 is 0.708 bits per heavy atom. The fourth-order valence-corrected chi connectivity index (χ4v) is 3.35. The smallest absolute Gasteiger partial charge is 0.0276 e. The Bertz CT molecular complexity index is 490. The van der Waals surface area contributed by atoms with Gasteiger partial charge in [-0.15, -0.1) is 0 Å². The van der Waals surface area contributed by atoms with Crippen LogP contribution in [0.15, 0.2) is 48.5 Å². The summed E-state index contributed by atoms with van der Waals surface area (Å²) in [5.41, 5.74) is 6.31. The summed E-state index contributed by atoms with van der Waals surface area (Å²) >= 11 is 0. The van der Waals surface area contributed by atoms with Gasteiger partial charge in [-0.25, -0.2) is 0 Å². The summed E-state index contributed by atoms with van der Waals surface area (Å²) in [5, 5.41) is 0. The van der Waals surface area contributed by atoms with Gasteiger partial charge in [0.1, 0.15) is 0 Å². The van der Waals surface area contributed by atoms with E-state index in [1.54, 1.807) is 22.3 Å². The van der Waals surface area contributed by atoms with Crippen molar-refractivity contribution in [2.45, 2.75) is 72.1 Å². The lowest BCUT2D eigenvalue weighted by Gasteiger charge is -2.13. The van der Waals surface area contributed by atoms with Gasteiger partial charge in [-0.05, 0) is 79.5 Å². The number of hydrogen-bond donors (Lipinski definition) is 0. The zero-order valence-electron chi connectivity index (χ0n) is 15.9. The third-order valence-corrected chi connectivity index (χ3v) is 4.52. The molecule has 0 heterocycles. The Morgan fingerprint density at radius 1 is 0.500 bits per heavy atom. The molecule has 0 saturated heterocycles. The molecule has 0 atom stereocenters. The van der Waals surface area contributed by atoms with Crippen LogP contribution in [0.25, 0.3) is 0 Å². The maximum absolute atomic E-state index is 2.26. The Kier molecular flexibility index (Phi) is 8.08. The van der Waals surface area contributed by atoms with Crippen molar-refractivity contribution in [3.63, 3.8) is 0 Å². The number of aryl methyl sites for hydroxylation is 4. The summed E-state index contributed by atoms with van der Waals surface area (Å²) in [6, 6.07) is 17.6. The molecule has 0 aromatic heterocycles. The van der Waals surface area contributed by atoms with Gasteiger partial charge < -0.3 is 0 Å². The highest BCUT2D eigenvalue weighted by atomic mass is 14.1. The Morgan fingerprint density at radius 3 is 0.917 bits per heavy atom. The van der Waals surface area contributed by atoms with E-state index in [0.29, 0.717) is 0 Å². The third kappa shape index (κ3) is 6.51. The highest BCUT2D eigenvalue weighted by molar-refractivity contribution is 5.29. The lowest BCUT2D eigenvalue weighted by Crippen LogP contribution is -2.00. The summed E-state index contributed by atoms with van der Waals surface area (Å²) in [6.07, 6.45) is 10.8. The number of fused-ring (bicyclic) bond motifs is 2. The molecule has 0 fully saturated rings. The Hall–Kier alpha value is -1.56. The molecule has 2 aromatic rings. The first kappa shape index (κ1) is 18.8. The standard InChI is InChI=1S/2C10H12.C4H10/c2*1-2-6-10-8-4-3-7-9(10)5-1;1-4(2)3/h2*1-2,5-6H,3-4,7-8H2;4H,1-3H3. The molecule has 0 nitrogen and oxygen atoms in total. The summed E-state index contributed by atoms with van der Waals surface area (Å²) < 4.78 is 0. The van der Waals surface area contributed by atoms with Crippen molar-refractivity contribution >= 4 is 0 Å². The predicted molar refractivity (Wildman–Crippen MR) is 107 cm³/mol. The van der Waals surface area contributed by atoms with Crippen LogP contribution in [0.2, 0.25) is 0 Å². The molecule has 2 aliphatic carbocycles. The summed E-state index contributed by atoms with van der Waals surface area (Å²) in [6.45, 7) is 6.50. The van der Waals surface area contributed by atoms with Crippen molar-refractivity contribution in [1.29, 1.82) is 0 Å². The van der Waals surface area contributed by atoms with Crippen LogP contribution >= 0.6 is 0 Å². The lowest BCUT2D eigenvalue weighted by atomic mass is 9.92. The molecule has 0 N–H and O–H groups in total. The third-order valence-electron chi connectivity index (χ3n) is 4.52. The Labute approximate surface area is 149 Å². The van der Waals surface area contributed by atoms with Crippen molar-refractivity contribution in [1.82, 2.24) is 0 Å². The molecule has 0 aliphatic heterocycles. The average Bonchev–Trinajstić information content (AvgIpc) is 2.62. The zero-order chi connectivity index (χ0) is 17.2. The number of rotatable bonds is 0. The van der Waals surface area contributed by atoms with Crippen molar-refractivity contribution in [2.24, 2.45) is 5.92 Å². The van der Waals surface area contributed by atoms with Crippen molar-refractivity contribution in [3.05, 3.63) is 70.8 Å². The maximum Gasteiger partial charge on any atom is -0.0276 e. The molecule has 0 unspecified atom stereocenters. The van der Waals surface area contributed by atoms with E-state index in [4.69, 9.17) is 0 Å². The largest absolute Gasteiger partial charge is 0.0630 e. The minimum Gasteiger partial charge on any atom is -0.0630 e. The van der Waals surface area contributed by atoms with Gasteiger partial charge in [0.15, 0.2) is 0 Å². The highest BCUT2D eigenvalue weighted by Gasteiger charge is 2.06. The van der Waals surface area contributed by atoms with Gasteiger partial charge in [0.25, 0.3) is 0 Å². The van der Waals surface area contributed by atoms with E-state index in [9.17, 15) is 0 Å². The SMILES string of the molecule is CC(C)C.c1ccc2c(c1)CCCC2.c1ccc2c(c1)CCCC2. The minimum atomic E-state index is 0.833. The molecule has 130 valence electrons. The van der Waals surface area contributed by atoms with E-state index in [-0.39, 0.29) is 0 Å². The van der Waals surface area contributed by atoms with Crippen LogP contribution in [-0.4, -0.2) is 0 Å². The average molecular weight is 323 g/mol. The zero-order valence-corrected chi connectivity index (χ0v) is 15.9. The summed E-state index contributed by atoms with van der Waals surface area (Å²) in [5.74, 6) is 0.833. The van der Waals surface area contributed by atoms with E-state index in [1.165, 1.54) is 51.4 Å². The van der Waals surface area contributed by atoms with Gasteiger partial charge in [0.05, 0.1) is 0 Å². The van der Waals surface area contributed by atoms with Crippen LogP contribution in [-0.2, 0) is 25.7 Å². The Balaban J connectivity index is 0.000000143. The van der Waals surface area contributed by atoms with Gasteiger partial charge in [-0.1, -0.05) is 69.3 Å². The fraction of sp³-hybridized carbons (Fsp3) is 0.500. The molecule has 24 heavy (non-hydrogen) atoms. The predicted octanol–water partition coefficient (Wildman–Crippen LogP) is 6.79. The van der Waals surface area contributed by atoms with E-state index < -0.39 is 0 Å². The molecular weight excluding hydrogens is 288 g/mol. The van der Waals surface area contributed by atoms with Crippen LogP contribution in [0.1, 0.15) is 68.7 Å². The molecule has 2 aliphatic rings. The van der Waals surface area contributed by atoms with E-state index in [2.05, 4.69) is 69.3 Å². The molecular formula is C24H34. The lowest BCUT2D eigenvalue weighted by molar-refractivity contribution is 0.685. The van der Waals surface area contributed by atoms with Crippen LogP contribution in [0.5, 0.6) is 0 Å². The second-order valence-electron chi connectivity index (χ2n) is 7.68. The molecule has 0 radical (unpaired) electrons. The fourth-order valence-electron chi connectivity index (χ4n) is 3.35. The van der Waals surface area contributed by atoms with Crippen molar-refractivity contribution in [3.8, 4) is 0 Å². The van der Waals surface area contributed by atoms with Crippen LogP contribution < -0.4 is 0 Å². The first-order valence-electron chi connectivity index (χ1n) is 9.80. The molecule has 4 rings (SSSR count). The first-order chi connectivity index (χ1) is 11.7. The quantitative estimate of drug-likeness (QED) is 0.500. The van der Waals surface area contributed by atoms with Crippen molar-refractivity contribution < 1.29 is 0 Å². The van der Waals surface area contributed by atoms with E-state index in [0.717, 1.165) is 5.92 Å². The maximum atomic E-state index is 2.26. The molecule has 2 aromatic carbocycles. The van der Waals surface area contributed by atoms with Crippen LogP contribution in [0.3, 0.4) is 0 Å². The van der Waals surface area contributed by atoms with E-state index in [1.807, 2.05) is 0 Å². The van der Waals surface area contributed by atoms with Gasteiger partial charge in [-0.3, -0.25) is 0 Å². The highest BCUT2D eigenvalue weighted by Crippen LogP contribution is 2.20. The second kappa shape index (κ2) is 10.3. The monoisotopic (exact) mass is 322 g/mol. The number of hydrogen-bond acceptors (Lipinski definition) is 0. The summed E-state index contributed by atoms with van der Waals surface area (Å²) in [7, 11) is 0. The van der Waals surface area contributed by atoms with Crippen LogP contribution in [0, 0.1) is 5.92 Å². The second-order valence-corrected chi connectivity index (χ2v) is 7.68. The van der Waals surface area contributed by atoms with Gasteiger partial charge in [0, 0.05) is 0 Å². The molecule has 0 amide bonds. The molecule has 0 bridgehead atoms. The topological polar surface area (TPSA) is 0 Å². The van der Waals surface area contributed by atoms with Gasteiger partial charge in [0.2, 0.25) is 0 Å². The van der Waals surface area contributed by atoms with Crippen molar-refractivity contribution in [2.75, 3.05) is 0 Å². The number of benzene rings is 2. The molecule has 0 heteroatoms. The normalized spacial score (nSPS) is 15.2. The summed E-state index contributed by atoms with van der Waals surface area (Å²) in [4.78, 5) is 0. The van der Waals surface area contributed by atoms with E-state index >= 15 is 0 Å². The van der Waals surface area contributed by atoms with Gasteiger partial charge in [-0.2, -0.15) is 0 Å². The minimum absolute atomic E-state index is 0.833. The molecule has 0 saturated carbocycles. The van der Waals surface area contributed by atoms with Crippen LogP contribution in [0.4, 0.5) is 0 Å². The first-order valence-corrected chi connectivity index (χ1v) is 9.80.